The molecule has 0 aliphatic carbocycles. The van der Waals surface area contributed by atoms with Crippen LogP contribution in [0.15, 0.2) is 33.4 Å². The molecule has 1 fully saturated rings. The number of amides is 1. The number of hydrogen-bond donors (Lipinski definition) is 0. The summed E-state index contributed by atoms with van der Waals surface area (Å²) in [5, 5.41) is 5.10. The van der Waals surface area contributed by atoms with Crippen molar-refractivity contribution < 1.29 is 13.7 Å². The molecular formula is C18H19N3O3S. The number of carbonyl (C=O) groups excluding carboxylic acids is 1. The maximum absolute atomic E-state index is 12.6. The zero-order valence-electron chi connectivity index (χ0n) is 14.2. The van der Waals surface area contributed by atoms with Crippen LogP contribution in [0.25, 0.3) is 11.5 Å². The van der Waals surface area contributed by atoms with Crippen molar-refractivity contribution in [3.8, 4) is 11.5 Å². The first-order valence-corrected chi connectivity index (χ1v) is 9.17. The molecule has 1 saturated heterocycles. The van der Waals surface area contributed by atoms with E-state index >= 15 is 0 Å². The molecule has 1 amide bonds. The summed E-state index contributed by atoms with van der Waals surface area (Å²) in [6.07, 6.45) is 3.42. The highest BCUT2D eigenvalue weighted by Gasteiger charge is 2.28. The Balaban J connectivity index is 1.41. The third kappa shape index (κ3) is 3.11. The summed E-state index contributed by atoms with van der Waals surface area (Å²) in [4.78, 5) is 20.4. The van der Waals surface area contributed by atoms with Gasteiger partial charge in [-0.3, -0.25) is 4.79 Å². The Labute approximate surface area is 149 Å². The van der Waals surface area contributed by atoms with E-state index < -0.39 is 0 Å². The summed E-state index contributed by atoms with van der Waals surface area (Å²) in [7, 11) is 0. The van der Waals surface area contributed by atoms with E-state index in [9.17, 15) is 4.79 Å². The molecule has 130 valence electrons. The van der Waals surface area contributed by atoms with Crippen LogP contribution < -0.4 is 0 Å². The molecule has 1 aliphatic heterocycles. The van der Waals surface area contributed by atoms with Crippen LogP contribution in [0.1, 0.15) is 44.8 Å². The predicted octanol–water partition coefficient (Wildman–Crippen LogP) is 4.03. The minimum Gasteiger partial charge on any atom is -0.461 e. The third-order valence-corrected chi connectivity index (χ3v) is 5.91. The number of hydrogen-bond acceptors (Lipinski definition) is 6. The third-order valence-electron chi connectivity index (χ3n) is 4.67. The molecule has 0 radical (unpaired) electrons. The minimum atomic E-state index is -0.0912. The zero-order chi connectivity index (χ0) is 17.4. The van der Waals surface area contributed by atoms with Crippen molar-refractivity contribution in [3.05, 3.63) is 45.7 Å². The highest BCUT2D eigenvalue weighted by atomic mass is 32.1. The molecule has 7 heteroatoms. The van der Waals surface area contributed by atoms with Crippen LogP contribution in [-0.4, -0.2) is 34.0 Å². The fourth-order valence-corrected chi connectivity index (χ4v) is 4.17. The largest absolute Gasteiger partial charge is 0.461 e. The van der Waals surface area contributed by atoms with Crippen molar-refractivity contribution in [2.24, 2.45) is 0 Å². The molecule has 0 saturated carbocycles. The zero-order valence-corrected chi connectivity index (χ0v) is 15.0. The summed E-state index contributed by atoms with van der Waals surface area (Å²) >= 11 is 1.78. The van der Waals surface area contributed by atoms with Gasteiger partial charge in [-0.15, -0.1) is 11.3 Å². The Morgan fingerprint density at radius 2 is 2.08 bits per heavy atom. The van der Waals surface area contributed by atoms with E-state index in [-0.39, 0.29) is 5.91 Å². The molecule has 0 bridgehead atoms. The number of nitrogens with zero attached hydrogens (tertiary/aromatic N) is 3. The normalized spacial score (nSPS) is 15.7. The van der Waals surface area contributed by atoms with Crippen LogP contribution >= 0.6 is 11.3 Å². The molecule has 3 aromatic rings. The first-order valence-electron chi connectivity index (χ1n) is 8.35. The number of rotatable bonds is 3. The topological polar surface area (TPSA) is 72.4 Å². The van der Waals surface area contributed by atoms with Crippen molar-refractivity contribution in [2.75, 3.05) is 13.1 Å². The van der Waals surface area contributed by atoms with Crippen LogP contribution in [0.5, 0.6) is 0 Å². The smallest absolute Gasteiger partial charge is 0.276 e. The Morgan fingerprint density at radius 3 is 2.72 bits per heavy atom. The molecule has 1 aliphatic rings. The average molecular weight is 357 g/mol. The van der Waals surface area contributed by atoms with Gasteiger partial charge < -0.3 is 13.8 Å². The van der Waals surface area contributed by atoms with E-state index in [2.05, 4.69) is 24.0 Å². The van der Waals surface area contributed by atoms with Gasteiger partial charge in [0, 0.05) is 30.0 Å². The van der Waals surface area contributed by atoms with Crippen LogP contribution in [0.2, 0.25) is 0 Å². The highest BCUT2D eigenvalue weighted by Crippen LogP contribution is 2.32. The van der Waals surface area contributed by atoms with Gasteiger partial charge in [0.1, 0.15) is 0 Å². The van der Waals surface area contributed by atoms with Crippen LogP contribution in [-0.2, 0) is 0 Å². The maximum atomic E-state index is 12.6. The van der Waals surface area contributed by atoms with Crippen molar-refractivity contribution in [2.45, 2.75) is 32.6 Å². The lowest BCUT2D eigenvalue weighted by molar-refractivity contribution is 0.0702. The van der Waals surface area contributed by atoms with E-state index in [4.69, 9.17) is 8.94 Å². The number of carbonyl (C=O) groups is 1. The predicted molar refractivity (Wildman–Crippen MR) is 93.7 cm³/mol. The summed E-state index contributed by atoms with van der Waals surface area (Å²) in [5.74, 6) is 1.39. The average Bonchev–Trinajstić information content (AvgIpc) is 3.36. The lowest BCUT2D eigenvalue weighted by Gasteiger charge is -2.30. The summed E-state index contributed by atoms with van der Waals surface area (Å²) in [5.41, 5.74) is 1.44. The number of aromatic nitrogens is 2. The monoisotopic (exact) mass is 357 g/mol. The van der Waals surface area contributed by atoms with E-state index in [0.717, 1.165) is 18.5 Å². The van der Waals surface area contributed by atoms with Gasteiger partial charge in [-0.2, -0.15) is 0 Å². The first kappa shape index (κ1) is 16.1. The second-order valence-electron chi connectivity index (χ2n) is 6.31. The highest BCUT2D eigenvalue weighted by molar-refractivity contribution is 7.11. The number of aryl methyl sites for hydroxylation is 2. The van der Waals surface area contributed by atoms with Crippen molar-refractivity contribution in [1.29, 1.82) is 0 Å². The lowest BCUT2D eigenvalue weighted by Crippen LogP contribution is -2.38. The lowest BCUT2D eigenvalue weighted by atomic mass is 9.97. The second kappa shape index (κ2) is 6.48. The van der Waals surface area contributed by atoms with Crippen molar-refractivity contribution >= 4 is 17.2 Å². The molecule has 0 aromatic carbocycles. The van der Waals surface area contributed by atoms with E-state index in [1.165, 1.54) is 9.88 Å². The second-order valence-corrected chi connectivity index (χ2v) is 7.55. The first-order chi connectivity index (χ1) is 12.1. The van der Waals surface area contributed by atoms with Gasteiger partial charge in [-0.1, -0.05) is 5.16 Å². The van der Waals surface area contributed by atoms with Crippen LogP contribution in [0.3, 0.4) is 0 Å². The molecule has 4 rings (SSSR count). The van der Waals surface area contributed by atoms with Crippen LogP contribution in [0.4, 0.5) is 0 Å². The molecule has 6 nitrogen and oxygen atoms in total. The molecular weight excluding hydrogens is 338 g/mol. The summed E-state index contributed by atoms with van der Waals surface area (Å²) in [6, 6.07) is 5.19. The Bertz CT molecular complexity index is 854. The van der Waals surface area contributed by atoms with Gasteiger partial charge in [0.05, 0.1) is 17.0 Å². The minimum absolute atomic E-state index is 0.0912. The molecule has 0 spiro atoms. The molecule has 0 unspecified atom stereocenters. The van der Waals surface area contributed by atoms with Gasteiger partial charge in [0.2, 0.25) is 5.76 Å². The van der Waals surface area contributed by atoms with E-state index in [1.54, 1.807) is 35.8 Å². The molecule has 0 N–H and O–H groups in total. The SMILES string of the molecule is Cc1nc(C2CCN(C(=O)c3cc(-c4ccco4)on3)CC2)sc1C. The Morgan fingerprint density at radius 1 is 1.28 bits per heavy atom. The van der Waals surface area contributed by atoms with E-state index in [0.29, 0.717) is 36.2 Å². The maximum Gasteiger partial charge on any atom is 0.276 e. The standard InChI is InChI=1S/C18H19N3O3S/c1-11-12(2)25-17(19-11)13-5-7-21(8-6-13)18(22)14-10-16(24-20-14)15-4-3-9-23-15/h3-4,9-10,13H,5-8H2,1-2H3. The quantitative estimate of drug-likeness (QED) is 0.708. The van der Waals surface area contributed by atoms with Gasteiger partial charge in [-0.05, 0) is 38.8 Å². The fraction of sp³-hybridized carbons (Fsp3) is 0.389. The van der Waals surface area contributed by atoms with E-state index in [1.807, 2.05) is 4.90 Å². The molecule has 3 aromatic heterocycles. The number of likely N-dealkylation sites (tertiary alicyclic amines) is 1. The van der Waals surface area contributed by atoms with Crippen molar-refractivity contribution in [1.82, 2.24) is 15.0 Å². The number of furan rings is 1. The number of thiazole rings is 1. The molecule has 0 atom stereocenters. The fourth-order valence-electron chi connectivity index (χ4n) is 3.07. The summed E-state index contributed by atoms with van der Waals surface area (Å²) in [6.45, 7) is 5.58. The van der Waals surface area contributed by atoms with Gasteiger partial charge in [0.25, 0.3) is 5.91 Å². The summed E-state index contributed by atoms with van der Waals surface area (Å²) < 4.78 is 10.5. The Hall–Kier alpha value is -2.41. The van der Waals surface area contributed by atoms with Crippen LogP contribution in [0, 0.1) is 13.8 Å². The number of piperidine rings is 1. The Kier molecular flexibility index (Phi) is 4.17. The van der Waals surface area contributed by atoms with Gasteiger partial charge in [-0.25, -0.2) is 4.98 Å². The van der Waals surface area contributed by atoms with Gasteiger partial charge in [0.15, 0.2) is 11.5 Å². The van der Waals surface area contributed by atoms with Crippen molar-refractivity contribution in [3.63, 3.8) is 0 Å². The molecule has 25 heavy (non-hydrogen) atoms. The van der Waals surface area contributed by atoms with Gasteiger partial charge >= 0.3 is 0 Å². The molecule has 4 heterocycles.